The lowest BCUT2D eigenvalue weighted by atomic mass is 10.6. The Labute approximate surface area is 75.5 Å². The topological polar surface area (TPSA) is 68.9 Å². The maximum atomic E-state index is 5.52. The molecule has 0 aliphatic carbocycles. The lowest BCUT2D eigenvalue weighted by molar-refractivity contribution is 0.139. The number of nitrogens with two attached hydrogens (primary N) is 1. The number of hydrogen-bond donors (Lipinski definition) is 2. The highest BCUT2D eigenvalue weighted by Gasteiger charge is 1.99. The lowest BCUT2D eigenvalue weighted by Gasteiger charge is -2.02. The summed E-state index contributed by atoms with van der Waals surface area (Å²) < 4.78 is 7.39. The van der Waals surface area contributed by atoms with E-state index in [9.17, 15) is 0 Å². The Balaban J connectivity index is 2.56. The molecule has 1 aromatic rings. The van der Waals surface area contributed by atoms with Gasteiger partial charge in [-0.25, -0.2) is 5.10 Å². The molecule has 0 fully saturated rings. The Bertz CT molecular complexity index is 292. The molecular formula is C6H12N4OS. The fraction of sp³-hybridized carbons (Fsp3) is 0.667. The van der Waals surface area contributed by atoms with Crippen LogP contribution in [0, 0.1) is 4.77 Å². The van der Waals surface area contributed by atoms with Gasteiger partial charge in [-0.05, 0) is 19.1 Å². The zero-order valence-electron chi connectivity index (χ0n) is 6.91. The summed E-state index contributed by atoms with van der Waals surface area (Å²) in [6.45, 7) is 3.90. The van der Waals surface area contributed by atoms with Crippen LogP contribution in [-0.4, -0.2) is 28.0 Å². The minimum Gasteiger partial charge on any atom is -0.380 e. The zero-order valence-corrected chi connectivity index (χ0v) is 7.73. The van der Waals surface area contributed by atoms with Crippen LogP contribution in [0.4, 0.5) is 5.95 Å². The predicted molar refractivity (Wildman–Crippen MR) is 48.3 cm³/mol. The Morgan fingerprint density at radius 1 is 1.75 bits per heavy atom. The summed E-state index contributed by atoms with van der Waals surface area (Å²) >= 11 is 4.93. The van der Waals surface area contributed by atoms with Crippen molar-refractivity contribution >= 4 is 18.2 Å². The quantitative estimate of drug-likeness (QED) is 0.535. The second-order valence-electron chi connectivity index (χ2n) is 2.24. The molecule has 0 amide bonds. The van der Waals surface area contributed by atoms with Crippen LogP contribution in [0.5, 0.6) is 0 Å². The van der Waals surface area contributed by atoms with Gasteiger partial charge in [0.05, 0.1) is 13.2 Å². The molecule has 0 radical (unpaired) electrons. The smallest absolute Gasteiger partial charge is 0.220 e. The highest BCUT2D eigenvalue weighted by molar-refractivity contribution is 7.71. The normalized spacial score (nSPS) is 10.4. The van der Waals surface area contributed by atoms with E-state index in [1.807, 2.05) is 6.92 Å². The Hall–Kier alpha value is -0.880. The molecule has 0 saturated carbocycles. The largest absolute Gasteiger partial charge is 0.380 e. The Morgan fingerprint density at radius 3 is 3.00 bits per heavy atom. The van der Waals surface area contributed by atoms with Crippen molar-refractivity contribution in [2.45, 2.75) is 13.5 Å². The van der Waals surface area contributed by atoms with Gasteiger partial charge in [0.25, 0.3) is 0 Å². The van der Waals surface area contributed by atoms with Crippen molar-refractivity contribution in [3.63, 3.8) is 0 Å². The number of nitrogen functional groups attached to an aromatic ring is 1. The van der Waals surface area contributed by atoms with Gasteiger partial charge in [0.1, 0.15) is 0 Å². The maximum absolute atomic E-state index is 5.52. The van der Waals surface area contributed by atoms with Crippen LogP contribution in [0.1, 0.15) is 6.92 Å². The van der Waals surface area contributed by atoms with Gasteiger partial charge in [-0.2, -0.15) is 0 Å². The van der Waals surface area contributed by atoms with Crippen LogP contribution in [0.2, 0.25) is 0 Å². The number of nitrogens with zero attached hydrogens (tertiary/aromatic N) is 2. The van der Waals surface area contributed by atoms with Crippen LogP contribution in [0.25, 0.3) is 0 Å². The van der Waals surface area contributed by atoms with Crippen molar-refractivity contribution in [3.8, 4) is 0 Å². The summed E-state index contributed by atoms with van der Waals surface area (Å²) in [5.74, 6) is 0.403. The number of aromatic nitrogens is 3. The molecular weight excluding hydrogens is 176 g/mol. The van der Waals surface area contributed by atoms with Gasteiger partial charge in [-0.3, -0.25) is 4.57 Å². The summed E-state index contributed by atoms with van der Waals surface area (Å²) in [5.41, 5.74) is 5.52. The molecule has 12 heavy (non-hydrogen) atoms. The summed E-state index contributed by atoms with van der Waals surface area (Å²) in [6.07, 6.45) is 0. The molecule has 68 valence electrons. The van der Waals surface area contributed by atoms with Gasteiger partial charge in [0.2, 0.25) is 5.95 Å². The molecule has 0 bridgehead atoms. The third kappa shape index (κ3) is 2.05. The molecule has 1 aromatic heterocycles. The number of aromatic amines is 1. The SMILES string of the molecule is CCOCCn1c(N)n[nH]c1=S. The summed E-state index contributed by atoms with van der Waals surface area (Å²) in [4.78, 5) is 0. The van der Waals surface area contributed by atoms with Gasteiger partial charge in [0, 0.05) is 6.61 Å². The molecule has 0 unspecified atom stereocenters. The second kappa shape index (κ2) is 4.22. The third-order valence-corrected chi connectivity index (χ3v) is 1.76. The van der Waals surface area contributed by atoms with Crippen LogP contribution < -0.4 is 5.73 Å². The number of anilines is 1. The van der Waals surface area contributed by atoms with E-state index in [0.29, 0.717) is 30.5 Å². The summed E-state index contributed by atoms with van der Waals surface area (Å²) in [7, 11) is 0. The van der Waals surface area contributed by atoms with Gasteiger partial charge < -0.3 is 10.5 Å². The van der Waals surface area contributed by atoms with Crippen LogP contribution in [0.15, 0.2) is 0 Å². The maximum Gasteiger partial charge on any atom is 0.220 e. The van der Waals surface area contributed by atoms with E-state index in [-0.39, 0.29) is 0 Å². The van der Waals surface area contributed by atoms with E-state index < -0.39 is 0 Å². The van der Waals surface area contributed by atoms with Crippen molar-refractivity contribution in [1.82, 2.24) is 14.8 Å². The van der Waals surface area contributed by atoms with E-state index >= 15 is 0 Å². The van der Waals surface area contributed by atoms with E-state index in [0.717, 1.165) is 0 Å². The average Bonchev–Trinajstić information content (AvgIpc) is 2.35. The molecule has 6 heteroatoms. The van der Waals surface area contributed by atoms with E-state index in [1.165, 1.54) is 0 Å². The highest BCUT2D eigenvalue weighted by Crippen LogP contribution is 1.97. The number of H-pyrrole nitrogens is 1. The number of rotatable bonds is 4. The predicted octanol–water partition coefficient (Wildman–Crippen LogP) is 0.559. The number of ether oxygens (including phenoxy) is 1. The average molecular weight is 188 g/mol. The molecule has 0 atom stereocenters. The van der Waals surface area contributed by atoms with Crippen molar-refractivity contribution in [1.29, 1.82) is 0 Å². The molecule has 0 spiro atoms. The second-order valence-corrected chi connectivity index (χ2v) is 2.62. The molecule has 1 rings (SSSR count). The standard InChI is InChI=1S/C6H12N4OS/c1-2-11-4-3-10-5(7)8-9-6(10)12/h2-4H2,1H3,(H2,7,8)(H,9,12). The summed E-state index contributed by atoms with van der Waals surface area (Å²) in [5, 5.41) is 6.36. The van der Waals surface area contributed by atoms with Crippen LogP contribution >= 0.6 is 12.2 Å². The first kappa shape index (κ1) is 9.21. The summed E-state index contributed by atoms with van der Waals surface area (Å²) in [6, 6.07) is 0. The van der Waals surface area contributed by atoms with Crippen molar-refractivity contribution in [3.05, 3.63) is 4.77 Å². The van der Waals surface area contributed by atoms with Gasteiger partial charge in [-0.15, -0.1) is 5.10 Å². The van der Waals surface area contributed by atoms with Crippen LogP contribution in [-0.2, 0) is 11.3 Å². The van der Waals surface area contributed by atoms with Crippen molar-refractivity contribution < 1.29 is 4.74 Å². The van der Waals surface area contributed by atoms with Crippen LogP contribution in [0.3, 0.4) is 0 Å². The van der Waals surface area contributed by atoms with Gasteiger partial charge in [-0.1, -0.05) is 0 Å². The number of hydrogen-bond acceptors (Lipinski definition) is 4. The third-order valence-electron chi connectivity index (χ3n) is 1.45. The first-order valence-electron chi connectivity index (χ1n) is 3.74. The number of nitrogens with one attached hydrogen (secondary N) is 1. The molecule has 5 nitrogen and oxygen atoms in total. The first-order valence-corrected chi connectivity index (χ1v) is 4.15. The Morgan fingerprint density at radius 2 is 2.50 bits per heavy atom. The Kier molecular flexibility index (Phi) is 3.24. The zero-order chi connectivity index (χ0) is 8.97. The minimum atomic E-state index is 0.403. The lowest BCUT2D eigenvalue weighted by Crippen LogP contribution is -2.08. The molecule has 3 N–H and O–H groups in total. The fourth-order valence-corrected chi connectivity index (χ4v) is 1.08. The van der Waals surface area contributed by atoms with Crippen molar-refractivity contribution in [2.75, 3.05) is 18.9 Å². The minimum absolute atomic E-state index is 0.403. The van der Waals surface area contributed by atoms with Crippen molar-refractivity contribution in [2.24, 2.45) is 0 Å². The monoisotopic (exact) mass is 188 g/mol. The van der Waals surface area contributed by atoms with E-state index in [2.05, 4.69) is 10.2 Å². The van der Waals surface area contributed by atoms with E-state index in [1.54, 1.807) is 4.57 Å². The van der Waals surface area contributed by atoms with Gasteiger partial charge >= 0.3 is 0 Å². The van der Waals surface area contributed by atoms with E-state index in [4.69, 9.17) is 22.7 Å². The molecule has 0 aromatic carbocycles. The molecule has 0 aliphatic heterocycles. The molecule has 0 saturated heterocycles. The molecule has 1 heterocycles. The first-order chi connectivity index (χ1) is 5.75. The fourth-order valence-electron chi connectivity index (χ4n) is 0.846. The van der Waals surface area contributed by atoms with Gasteiger partial charge in [0.15, 0.2) is 4.77 Å². The molecule has 0 aliphatic rings. The highest BCUT2D eigenvalue weighted by atomic mass is 32.1.